The second-order valence-corrected chi connectivity index (χ2v) is 7.26. The van der Waals surface area contributed by atoms with E-state index in [1.54, 1.807) is 5.48 Å². The maximum Gasteiger partial charge on any atom is 0.256 e. The van der Waals surface area contributed by atoms with Crippen LogP contribution in [0, 0.1) is 5.92 Å². The summed E-state index contributed by atoms with van der Waals surface area (Å²) in [6.45, 7) is 2.70. The Morgan fingerprint density at radius 1 is 0.929 bits per heavy atom. The molecule has 3 rings (SSSR count). The first-order valence-electron chi connectivity index (χ1n) is 9.70. The van der Waals surface area contributed by atoms with Gasteiger partial charge in [0.25, 0.3) is 5.91 Å². The molecule has 1 fully saturated rings. The number of carbonyl (C=O) groups excluding carboxylic acids is 2. The zero-order chi connectivity index (χ0) is 19.8. The lowest BCUT2D eigenvalue weighted by molar-refractivity contribution is -0.141. The van der Waals surface area contributed by atoms with Crippen molar-refractivity contribution < 1.29 is 14.8 Å². The van der Waals surface area contributed by atoms with Gasteiger partial charge in [-0.05, 0) is 30.4 Å². The van der Waals surface area contributed by atoms with Gasteiger partial charge in [-0.3, -0.25) is 19.7 Å². The van der Waals surface area contributed by atoms with Crippen molar-refractivity contribution in [2.75, 3.05) is 13.1 Å². The predicted octanol–water partition coefficient (Wildman–Crippen LogP) is 2.13. The highest BCUT2D eigenvalue weighted by molar-refractivity contribution is 6.00. The fourth-order valence-corrected chi connectivity index (χ4v) is 3.61. The lowest BCUT2D eigenvalue weighted by Gasteiger charge is -2.33. The Balaban J connectivity index is 1.52. The third kappa shape index (κ3) is 5.65. The van der Waals surface area contributed by atoms with Crippen molar-refractivity contribution in [2.45, 2.75) is 31.8 Å². The van der Waals surface area contributed by atoms with E-state index in [-0.39, 0.29) is 18.4 Å². The SMILES string of the molecule is O=C(NO)C(Cc1ccccc1)C(=O)NC1CCN(Cc2ccccc2)CC1. The van der Waals surface area contributed by atoms with Crippen molar-refractivity contribution in [1.82, 2.24) is 15.7 Å². The molecule has 0 aromatic heterocycles. The van der Waals surface area contributed by atoms with E-state index in [2.05, 4.69) is 22.3 Å². The molecule has 6 nitrogen and oxygen atoms in total. The Bertz CT molecular complexity index is 759. The molecule has 1 unspecified atom stereocenters. The molecular formula is C22H27N3O3. The molecule has 0 saturated carbocycles. The fraction of sp³-hybridized carbons (Fsp3) is 0.364. The molecule has 1 atom stereocenters. The smallest absolute Gasteiger partial charge is 0.256 e. The average molecular weight is 381 g/mol. The summed E-state index contributed by atoms with van der Waals surface area (Å²) < 4.78 is 0. The highest BCUT2D eigenvalue weighted by atomic mass is 16.5. The monoisotopic (exact) mass is 381 g/mol. The van der Waals surface area contributed by atoms with Gasteiger partial charge >= 0.3 is 0 Å². The lowest BCUT2D eigenvalue weighted by atomic mass is 9.96. The molecule has 1 aliphatic rings. The van der Waals surface area contributed by atoms with Crippen molar-refractivity contribution in [2.24, 2.45) is 5.92 Å². The average Bonchev–Trinajstić information content (AvgIpc) is 2.74. The summed E-state index contributed by atoms with van der Waals surface area (Å²) >= 11 is 0. The van der Waals surface area contributed by atoms with Crippen molar-refractivity contribution in [3.8, 4) is 0 Å². The molecule has 28 heavy (non-hydrogen) atoms. The number of hydrogen-bond acceptors (Lipinski definition) is 4. The van der Waals surface area contributed by atoms with E-state index in [1.165, 1.54) is 5.56 Å². The molecule has 148 valence electrons. The van der Waals surface area contributed by atoms with E-state index >= 15 is 0 Å². The minimum Gasteiger partial charge on any atom is -0.353 e. The number of rotatable bonds is 7. The van der Waals surface area contributed by atoms with Crippen LogP contribution in [-0.2, 0) is 22.6 Å². The second-order valence-electron chi connectivity index (χ2n) is 7.26. The normalized spacial score (nSPS) is 16.3. The molecule has 2 aromatic rings. The minimum absolute atomic E-state index is 0.0456. The lowest BCUT2D eigenvalue weighted by Crippen LogP contribution is -2.49. The van der Waals surface area contributed by atoms with E-state index in [1.807, 2.05) is 48.5 Å². The summed E-state index contributed by atoms with van der Waals surface area (Å²) in [7, 11) is 0. The van der Waals surface area contributed by atoms with Crippen LogP contribution in [0.1, 0.15) is 24.0 Å². The van der Waals surface area contributed by atoms with Crippen LogP contribution in [0.5, 0.6) is 0 Å². The number of amides is 2. The maximum absolute atomic E-state index is 12.7. The summed E-state index contributed by atoms with van der Waals surface area (Å²) in [6, 6.07) is 19.7. The molecule has 2 aromatic carbocycles. The van der Waals surface area contributed by atoms with Crippen molar-refractivity contribution in [3.63, 3.8) is 0 Å². The van der Waals surface area contributed by atoms with E-state index in [0.717, 1.165) is 38.0 Å². The van der Waals surface area contributed by atoms with Crippen LogP contribution in [0.2, 0.25) is 0 Å². The Morgan fingerprint density at radius 3 is 2.07 bits per heavy atom. The Labute approximate surface area is 165 Å². The van der Waals surface area contributed by atoms with Crippen LogP contribution in [-0.4, -0.2) is 41.1 Å². The van der Waals surface area contributed by atoms with Crippen molar-refractivity contribution >= 4 is 11.8 Å². The zero-order valence-corrected chi connectivity index (χ0v) is 15.9. The van der Waals surface area contributed by atoms with Crippen LogP contribution in [0.25, 0.3) is 0 Å². The standard InChI is InChI=1S/C22H27N3O3/c26-21(20(22(27)24-28)15-17-7-3-1-4-8-17)23-19-11-13-25(14-12-19)16-18-9-5-2-6-10-18/h1-10,19-20,28H,11-16H2,(H,23,26)(H,24,27). The molecule has 1 heterocycles. The van der Waals surface area contributed by atoms with Gasteiger partial charge in [0.2, 0.25) is 5.91 Å². The number of likely N-dealkylation sites (tertiary alicyclic amines) is 1. The maximum atomic E-state index is 12.7. The molecule has 1 saturated heterocycles. The molecule has 3 N–H and O–H groups in total. The van der Waals surface area contributed by atoms with Crippen molar-refractivity contribution in [1.29, 1.82) is 0 Å². The van der Waals surface area contributed by atoms with Gasteiger partial charge in [0.1, 0.15) is 5.92 Å². The van der Waals surface area contributed by atoms with Gasteiger partial charge in [0.15, 0.2) is 0 Å². The van der Waals surface area contributed by atoms with Gasteiger partial charge in [0.05, 0.1) is 0 Å². The molecular weight excluding hydrogens is 354 g/mol. The highest BCUT2D eigenvalue weighted by Gasteiger charge is 2.29. The molecule has 1 aliphatic heterocycles. The topological polar surface area (TPSA) is 81.7 Å². The summed E-state index contributed by atoms with van der Waals surface area (Å²) in [5.74, 6) is -1.96. The van der Waals surface area contributed by atoms with Gasteiger partial charge in [0, 0.05) is 25.7 Å². The van der Waals surface area contributed by atoms with Gasteiger partial charge < -0.3 is 5.32 Å². The van der Waals surface area contributed by atoms with Crippen LogP contribution in [0.3, 0.4) is 0 Å². The first-order valence-corrected chi connectivity index (χ1v) is 9.70. The number of carbonyl (C=O) groups is 2. The first-order chi connectivity index (χ1) is 13.7. The quantitative estimate of drug-likeness (QED) is 0.390. The number of piperidine rings is 1. The highest BCUT2D eigenvalue weighted by Crippen LogP contribution is 2.16. The van der Waals surface area contributed by atoms with E-state index in [9.17, 15) is 9.59 Å². The first kappa shape index (κ1) is 20.0. The summed E-state index contributed by atoms with van der Waals surface area (Å²) in [5.41, 5.74) is 3.79. The van der Waals surface area contributed by atoms with Crippen LogP contribution in [0.4, 0.5) is 0 Å². The number of hydroxylamine groups is 1. The summed E-state index contributed by atoms with van der Waals surface area (Å²) in [6.07, 6.45) is 1.95. The number of nitrogens with one attached hydrogen (secondary N) is 2. The summed E-state index contributed by atoms with van der Waals surface area (Å²) in [5, 5.41) is 12.0. The van der Waals surface area contributed by atoms with Crippen LogP contribution < -0.4 is 10.8 Å². The van der Waals surface area contributed by atoms with E-state index in [0.29, 0.717) is 0 Å². The van der Waals surface area contributed by atoms with Gasteiger partial charge in [-0.2, -0.15) is 0 Å². The largest absolute Gasteiger partial charge is 0.353 e. The molecule has 2 amide bonds. The minimum atomic E-state index is -0.949. The molecule has 6 heteroatoms. The Hall–Kier alpha value is -2.70. The molecule has 0 radical (unpaired) electrons. The number of nitrogens with zero attached hydrogens (tertiary/aromatic N) is 1. The Kier molecular flexibility index (Phi) is 7.17. The van der Waals surface area contributed by atoms with E-state index < -0.39 is 11.8 Å². The number of hydrogen-bond donors (Lipinski definition) is 3. The number of benzene rings is 2. The zero-order valence-electron chi connectivity index (χ0n) is 15.9. The molecule has 0 spiro atoms. The predicted molar refractivity (Wildman–Crippen MR) is 106 cm³/mol. The van der Waals surface area contributed by atoms with Gasteiger partial charge in [-0.15, -0.1) is 0 Å². The van der Waals surface area contributed by atoms with Crippen LogP contribution in [0.15, 0.2) is 60.7 Å². The van der Waals surface area contributed by atoms with Crippen molar-refractivity contribution in [3.05, 3.63) is 71.8 Å². The van der Waals surface area contributed by atoms with Crippen LogP contribution >= 0.6 is 0 Å². The second kappa shape index (κ2) is 10.0. The third-order valence-electron chi connectivity index (χ3n) is 5.21. The van der Waals surface area contributed by atoms with E-state index in [4.69, 9.17) is 5.21 Å². The summed E-state index contributed by atoms with van der Waals surface area (Å²) in [4.78, 5) is 27.1. The van der Waals surface area contributed by atoms with Gasteiger partial charge in [-0.25, -0.2) is 5.48 Å². The Morgan fingerprint density at radius 2 is 1.50 bits per heavy atom. The molecule has 0 aliphatic carbocycles. The third-order valence-corrected chi connectivity index (χ3v) is 5.21. The molecule has 0 bridgehead atoms. The fourth-order valence-electron chi connectivity index (χ4n) is 3.61. The van der Waals surface area contributed by atoms with Gasteiger partial charge in [-0.1, -0.05) is 60.7 Å².